The lowest BCUT2D eigenvalue weighted by molar-refractivity contribution is 0.0989. The molecule has 0 saturated carbocycles. The highest BCUT2D eigenvalue weighted by Gasteiger charge is 2.21. The van der Waals surface area contributed by atoms with E-state index in [0.29, 0.717) is 37.3 Å². The van der Waals surface area contributed by atoms with Gasteiger partial charge in [-0.3, -0.25) is 9.69 Å². The summed E-state index contributed by atoms with van der Waals surface area (Å²) in [6.45, 7) is 4.37. The zero-order chi connectivity index (χ0) is 15.5. The summed E-state index contributed by atoms with van der Waals surface area (Å²) in [6.07, 6.45) is 3.74. The van der Waals surface area contributed by atoms with Gasteiger partial charge in [-0.25, -0.2) is 8.91 Å². The third-order valence-electron chi connectivity index (χ3n) is 4.00. The molecule has 1 aliphatic rings. The Morgan fingerprint density at radius 3 is 3.09 bits per heavy atom. The first-order valence-corrected chi connectivity index (χ1v) is 7.67. The van der Waals surface area contributed by atoms with Crippen LogP contribution >= 0.6 is 0 Å². The van der Waals surface area contributed by atoms with Gasteiger partial charge in [-0.1, -0.05) is 6.92 Å². The van der Waals surface area contributed by atoms with Crippen LogP contribution in [0.3, 0.4) is 0 Å². The number of likely N-dealkylation sites (tertiary alicyclic amines) is 1. The molecule has 0 bridgehead atoms. The van der Waals surface area contributed by atoms with Crippen LogP contribution in [0.15, 0.2) is 24.5 Å². The summed E-state index contributed by atoms with van der Waals surface area (Å²) < 4.78 is 20.4. The second-order valence-electron chi connectivity index (χ2n) is 5.56. The van der Waals surface area contributed by atoms with Gasteiger partial charge in [-0.05, 0) is 18.6 Å². The number of ether oxygens (including phenoxy) is 1. The van der Waals surface area contributed by atoms with Crippen molar-refractivity contribution < 1.29 is 13.9 Å². The predicted molar refractivity (Wildman–Crippen MR) is 81.3 cm³/mol. The minimum Gasteiger partial charge on any atom is -0.491 e. The number of carbonyl (C=O) groups excluding carboxylic acids is 1. The number of ketones is 1. The monoisotopic (exact) mass is 305 g/mol. The number of hydrogen-bond acceptors (Lipinski definition) is 4. The topological polar surface area (TPSA) is 46.8 Å². The molecule has 5 nitrogen and oxygen atoms in total. The zero-order valence-corrected chi connectivity index (χ0v) is 12.7. The predicted octanol–water partition coefficient (Wildman–Crippen LogP) is 2.35. The summed E-state index contributed by atoms with van der Waals surface area (Å²) in [5, 5.41) is 4.20. The van der Waals surface area contributed by atoms with E-state index in [1.165, 1.54) is 0 Å². The molecule has 1 atom stereocenters. The quantitative estimate of drug-likeness (QED) is 0.769. The number of hydrogen-bond donors (Lipinski definition) is 0. The number of pyridine rings is 1. The van der Waals surface area contributed by atoms with Crippen molar-refractivity contribution in [2.75, 3.05) is 26.2 Å². The first-order chi connectivity index (χ1) is 10.7. The SMILES string of the molecule is CCC(=O)c1cnn2cc(OCCN3CC[C@@H](F)C3)ccc12. The summed E-state index contributed by atoms with van der Waals surface area (Å²) in [5.74, 6) is 0.778. The van der Waals surface area contributed by atoms with E-state index >= 15 is 0 Å². The Morgan fingerprint density at radius 1 is 1.50 bits per heavy atom. The Morgan fingerprint density at radius 2 is 2.36 bits per heavy atom. The number of halogens is 1. The van der Waals surface area contributed by atoms with Crippen molar-refractivity contribution in [2.45, 2.75) is 25.9 Å². The number of nitrogens with zero attached hydrogens (tertiary/aromatic N) is 3. The Balaban J connectivity index is 1.62. The highest BCUT2D eigenvalue weighted by Crippen LogP contribution is 2.18. The summed E-state index contributed by atoms with van der Waals surface area (Å²) in [6, 6.07) is 3.68. The van der Waals surface area contributed by atoms with Crippen LogP contribution in [0.2, 0.25) is 0 Å². The van der Waals surface area contributed by atoms with E-state index in [1.54, 1.807) is 16.9 Å². The molecule has 0 aromatic carbocycles. The molecule has 3 rings (SSSR count). The van der Waals surface area contributed by atoms with Gasteiger partial charge < -0.3 is 4.74 Å². The van der Waals surface area contributed by atoms with Crippen molar-refractivity contribution in [3.63, 3.8) is 0 Å². The summed E-state index contributed by atoms with van der Waals surface area (Å²) >= 11 is 0. The van der Waals surface area contributed by atoms with Crippen molar-refractivity contribution in [3.8, 4) is 5.75 Å². The Labute approximate surface area is 128 Å². The molecule has 3 heterocycles. The Bertz CT molecular complexity index is 670. The maximum atomic E-state index is 13.1. The fourth-order valence-corrected chi connectivity index (χ4v) is 2.74. The third kappa shape index (κ3) is 3.11. The van der Waals surface area contributed by atoms with Crippen LogP contribution in [0.5, 0.6) is 5.75 Å². The second kappa shape index (κ2) is 6.44. The van der Waals surface area contributed by atoms with Crippen LogP contribution in [0.25, 0.3) is 5.52 Å². The molecule has 1 aliphatic heterocycles. The largest absolute Gasteiger partial charge is 0.491 e. The molecule has 2 aromatic heterocycles. The normalized spacial score (nSPS) is 18.9. The van der Waals surface area contributed by atoms with Gasteiger partial charge in [0.25, 0.3) is 0 Å². The molecule has 0 amide bonds. The zero-order valence-electron chi connectivity index (χ0n) is 12.7. The molecule has 1 saturated heterocycles. The third-order valence-corrected chi connectivity index (χ3v) is 4.00. The number of alkyl halides is 1. The molecule has 6 heteroatoms. The number of aromatic nitrogens is 2. The molecule has 2 aromatic rings. The van der Waals surface area contributed by atoms with Crippen molar-refractivity contribution in [1.29, 1.82) is 0 Å². The first kappa shape index (κ1) is 15.0. The van der Waals surface area contributed by atoms with Gasteiger partial charge in [0.1, 0.15) is 18.5 Å². The fourth-order valence-electron chi connectivity index (χ4n) is 2.74. The Kier molecular flexibility index (Phi) is 4.38. The molecule has 0 spiro atoms. The molecule has 118 valence electrons. The smallest absolute Gasteiger partial charge is 0.166 e. The van der Waals surface area contributed by atoms with Crippen LogP contribution in [-0.2, 0) is 0 Å². The van der Waals surface area contributed by atoms with Crippen LogP contribution in [0.1, 0.15) is 30.1 Å². The summed E-state index contributed by atoms with van der Waals surface area (Å²) in [5.41, 5.74) is 1.43. The van der Waals surface area contributed by atoms with E-state index in [4.69, 9.17) is 4.74 Å². The molecule has 0 aliphatic carbocycles. The van der Waals surface area contributed by atoms with Gasteiger partial charge in [-0.15, -0.1) is 0 Å². The van der Waals surface area contributed by atoms with Gasteiger partial charge in [0.05, 0.1) is 23.5 Å². The van der Waals surface area contributed by atoms with Crippen molar-refractivity contribution in [2.24, 2.45) is 0 Å². The Hall–Kier alpha value is -1.95. The first-order valence-electron chi connectivity index (χ1n) is 7.67. The van der Waals surface area contributed by atoms with Crippen LogP contribution in [-0.4, -0.2) is 52.7 Å². The summed E-state index contributed by atoms with van der Waals surface area (Å²) in [4.78, 5) is 13.9. The van der Waals surface area contributed by atoms with Crippen LogP contribution in [0.4, 0.5) is 4.39 Å². The average Bonchev–Trinajstić information content (AvgIpc) is 3.12. The standard InChI is InChI=1S/C16H20FN3O2/c1-2-16(21)14-9-18-20-11-13(3-4-15(14)20)22-8-7-19-6-5-12(17)10-19/h3-4,9,11-12H,2,5-8,10H2,1H3/t12-/m1/s1. The number of fused-ring (bicyclic) bond motifs is 1. The number of rotatable bonds is 6. The average molecular weight is 305 g/mol. The van der Waals surface area contributed by atoms with Crippen LogP contribution in [0, 0.1) is 0 Å². The van der Waals surface area contributed by atoms with E-state index in [-0.39, 0.29) is 5.78 Å². The van der Waals surface area contributed by atoms with Gasteiger partial charge in [0.2, 0.25) is 0 Å². The number of carbonyl (C=O) groups is 1. The highest BCUT2D eigenvalue weighted by molar-refractivity contribution is 6.01. The molecule has 1 fully saturated rings. The lowest BCUT2D eigenvalue weighted by atomic mass is 10.1. The molecule has 0 N–H and O–H groups in total. The number of Topliss-reactive ketones (excluding diaryl/α,β-unsaturated/α-hetero) is 1. The summed E-state index contributed by atoms with van der Waals surface area (Å²) in [7, 11) is 0. The van der Waals surface area contributed by atoms with E-state index in [0.717, 1.165) is 18.6 Å². The molecular formula is C16H20FN3O2. The van der Waals surface area contributed by atoms with Crippen LogP contribution < -0.4 is 4.74 Å². The minimum atomic E-state index is -0.699. The van der Waals surface area contributed by atoms with E-state index in [9.17, 15) is 9.18 Å². The van der Waals surface area contributed by atoms with Gasteiger partial charge >= 0.3 is 0 Å². The van der Waals surface area contributed by atoms with Gasteiger partial charge in [-0.2, -0.15) is 5.10 Å². The van der Waals surface area contributed by atoms with E-state index < -0.39 is 6.17 Å². The van der Waals surface area contributed by atoms with E-state index in [1.807, 2.05) is 19.1 Å². The van der Waals surface area contributed by atoms with Gasteiger partial charge in [0.15, 0.2) is 5.78 Å². The molecular weight excluding hydrogens is 285 g/mol. The van der Waals surface area contributed by atoms with E-state index in [2.05, 4.69) is 10.00 Å². The fraction of sp³-hybridized carbons (Fsp3) is 0.500. The molecule has 22 heavy (non-hydrogen) atoms. The highest BCUT2D eigenvalue weighted by atomic mass is 19.1. The minimum absolute atomic E-state index is 0.0819. The van der Waals surface area contributed by atoms with Gasteiger partial charge in [0, 0.05) is 26.1 Å². The lowest BCUT2D eigenvalue weighted by Crippen LogP contribution is -2.26. The van der Waals surface area contributed by atoms with Crippen molar-refractivity contribution in [3.05, 3.63) is 30.1 Å². The van der Waals surface area contributed by atoms with Crippen molar-refractivity contribution in [1.82, 2.24) is 14.5 Å². The molecule has 0 unspecified atom stereocenters. The maximum Gasteiger partial charge on any atom is 0.166 e. The lowest BCUT2D eigenvalue weighted by Gasteiger charge is -2.14. The molecule has 0 radical (unpaired) electrons. The second-order valence-corrected chi connectivity index (χ2v) is 5.56. The maximum absolute atomic E-state index is 13.1. The van der Waals surface area contributed by atoms with Crippen molar-refractivity contribution >= 4 is 11.3 Å².